The lowest BCUT2D eigenvalue weighted by Gasteiger charge is -2.09. The third-order valence-corrected chi connectivity index (χ3v) is 4.46. The smallest absolute Gasteiger partial charge is 0.317 e. The second-order valence-electron chi connectivity index (χ2n) is 4.88. The van der Waals surface area contributed by atoms with Crippen LogP contribution in [0.1, 0.15) is 6.92 Å². The van der Waals surface area contributed by atoms with Crippen molar-refractivity contribution in [3.05, 3.63) is 56.9 Å². The molecule has 0 radical (unpaired) electrons. The predicted molar refractivity (Wildman–Crippen MR) is 88.3 cm³/mol. The van der Waals surface area contributed by atoms with Gasteiger partial charge in [0.2, 0.25) is 5.91 Å². The minimum absolute atomic E-state index is 0.157. The lowest BCUT2D eigenvalue weighted by molar-refractivity contribution is -0.392. The van der Waals surface area contributed by atoms with E-state index >= 15 is 0 Å². The van der Waals surface area contributed by atoms with E-state index in [1.54, 1.807) is 4.72 Å². The van der Waals surface area contributed by atoms with Gasteiger partial charge >= 0.3 is 11.4 Å². The fourth-order valence-corrected chi connectivity index (χ4v) is 2.94. The van der Waals surface area contributed by atoms with Crippen LogP contribution in [0.25, 0.3) is 0 Å². The summed E-state index contributed by atoms with van der Waals surface area (Å²) in [6, 6.07) is 4.74. The van der Waals surface area contributed by atoms with Crippen LogP contribution >= 0.6 is 0 Å². The highest BCUT2D eigenvalue weighted by atomic mass is 32.2. The van der Waals surface area contributed by atoms with Crippen LogP contribution in [-0.4, -0.2) is 29.2 Å². The number of benzene rings is 1. The van der Waals surface area contributed by atoms with E-state index in [-0.39, 0.29) is 10.6 Å². The maximum Gasteiger partial charge on any atom is 0.317 e. The number of amides is 1. The third-order valence-electron chi connectivity index (χ3n) is 3.01. The second-order valence-corrected chi connectivity index (χ2v) is 6.56. The molecule has 0 aliphatic heterocycles. The van der Waals surface area contributed by atoms with E-state index in [2.05, 4.69) is 10.3 Å². The fraction of sp³-hybridized carbons (Fsp3) is 0.0769. The summed E-state index contributed by atoms with van der Waals surface area (Å²) in [5.41, 5.74) is -1.47. The standard InChI is InChI=1S/C13H11N5O7S/c1-8(19)16-26(24,25)10-4-2-9(3-5-10)15-13-11(17(20)21)6-14-7-12(13)18(22)23/h2-7H,1H3,(H,14,15)(H,16,19). The number of anilines is 2. The van der Waals surface area contributed by atoms with Crippen LogP contribution in [0.15, 0.2) is 41.6 Å². The first-order valence-corrected chi connectivity index (χ1v) is 8.27. The Bertz CT molecular complexity index is 956. The summed E-state index contributed by atoms with van der Waals surface area (Å²) < 4.78 is 25.5. The van der Waals surface area contributed by atoms with Crippen LogP contribution in [0.3, 0.4) is 0 Å². The first kappa shape index (κ1) is 18.7. The fourth-order valence-electron chi connectivity index (χ4n) is 1.95. The molecule has 0 unspecified atom stereocenters. The normalized spacial score (nSPS) is 10.8. The Hall–Kier alpha value is -3.61. The Balaban J connectivity index is 2.40. The molecule has 0 aliphatic rings. The number of nitro groups is 2. The predicted octanol–water partition coefficient (Wildman–Crippen LogP) is 1.47. The highest BCUT2D eigenvalue weighted by Crippen LogP contribution is 2.35. The Morgan fingerprint density at radius 3 is 1.96 bits per heavy atom. The molecule has 0 spiro atoms. The summed E-state index contributed by atoms with van der Waals surface area (Å²) in [6.45, 7) is 1.04. The maximum atomic E-state index is 11.9. The lowest BCUT2D eigenvalue weighted by Crippen LogP contribution is -2.28. The minimum Gasteiger partial charge on any atom is -0.344 e. The summed E-state index contributed by atoms with van der Waals surface area (Å²) in [7, 11) is -4.05. The quantitative estimate of drug-likeness (QED) is 0.554. The molecule has 0 aliphatic carbocycles. The van der Waals surface area contributed by atoms with E-state index in [9.17, 15) is 33.4 Å². The van der Waals surface area contributed by atoms with Gasteiger partial charge in [-0.1, -0.05) is 0 Å². The van der Waals surface area contributed by atoms with Gasteiger partial charge in [-0.3, -0.25) is 30.0 Å². The molecule has 13 heteroatoms. The van der Waals surface area contributed by atoms with Crippen LogP contribution in [0.5, 0.6) is 0 Å². The van der Waals surface area contributed by atoms with Crippen molar-refractivity contribution in [2.24, 2.45) is 0 Å². The van der Waals surface area contributed by atoms with Crippen LogP contribution in [0.4, 0.5) is 22.7 Å². The number of rotatable bonds is 6. The van der Waals surface area contributed by atoms with Crippen molar-refractivity contribution >= 4 is 38.7 Å². The van der Waals surface area contributed by atoms with E-state index in [4.69, 9.17) is 0 Å². The number of pyridine rings is 1. The molecule has 0 atom stereocenters. The van der Waals surface area contributed by atoms with Crippen molar-refractivity contribution in [3.8, 4) is 0 Å². The molecule has 0 saturated heterocycles. The Labute approximate surface area is 146 Å². The Morgan fingerprint density at radius 1 is 1.04 bits per heavy atom. The zero-order chi connectivity index (χ0) is 19.5. The van der Waals surface area contributed by atoms with Crippen molar-refractivity contribution in [2.75, 3.05) is 5.32 Å². The molecule has 0 fully saturated rings. The minimum atomic E-state index is -4.05. The molecule has 2 aromatic rings. The van der Waals surface area contributed by atoms with E-state index in [0.29, 0.717) is 0 Å². The second kappa shape index (κ2) is 7.10. The van der Waals surface area contributed by atoms with E-state index in [0.717, 1.165) is 31.5 Å². The van der Waals surface area contributed by atoms with Crippen molar-refractivity contribution in [1.82, 2.24) is 9.71 Å². The van der Waals surface area contributed by atoms with Crippen molar-refractivity contribution < 1.29 is 23.1 Å². The number of nitrogens with zero attached hydrogens (tertiary/aromatic N) is 3. The SMILES string of the molecule is CC(=O)NS(=O)(=O)c1ccc(Nc2c([N+](=O)[O-])cncc2[N+](=O)[O-])cc1. The summed E-state index contributed by atoms with van der Waals surface area (Å²) >= 11 is 0. The molecule has 1 aromatic carbocycles. The molecular weight excluding hydrogens is 370 g/mol. The van der Waals surface area contributed by atoms with Gasteiger partial charge in [-0.15, -0.1) is 0 Å². The number of hydrogen-bond acceptors (Lipinski definition) is 9. The molecule has 26 heavy (non-hydrogen) atoms. The van der Waals surface area contributed by atoms with Crippen molar-refractivity contribution in [3.63, 3.8) is 0 Å². The van der Waals surface area contributed by atoms with Gasteiger partial charge in [0.05, 0.1) is 14.7 Å². The van der Waals surface area contributed by atoms with Crippen LogP contribution < -0.4 is 10.0 Å². The number of hydrogen-bond donors (Lipinski definition) is 2. The number of carbonyl (C=O) groups is 1. The van der Waals surface area contributed by atoms with Gasteiger partial charge in [0.1, 0.15) is 12.4 Å². The number of carbonyl (C=O) groups excluding carboxylic acids is 1. The largest absolute Gasteiger partial charge is 0.344 e. The summed E-state index contributed by atoms with van der Waals surface area (Å²) in [4.78, 5) is 34.6. The monoisotopic (exact) mass is 381 g/mol. The molecule has 0 bridgehead atoms. The highest BCUT2D eigenvalue weighted by Gasteiger charge is 2.26. The summed E-state index contributed by atoms with van der Waals surface area (Å²) in [6.07, 6.45) is 1.70. The first-order chi connectivity index (χ1) is 12.1. The van der Waals surface area contributed by atoms with E-state index < -0.39 is 42.8 Å². The molecule has 2 N–H and O–H groups in total. The molecule has 1 amide bonds. The zero-order valence-corrected chi connectivity index (χ0v) is 13.9. The van der Waals surface area contributed by atoms with Gasteiger partial charge in [0.15, 0.2) is 5.69 Å². The lowest BCUT2D eigenvalue weighted by atomic mass is 10.2. The van der Waals surface area contributed by atoms with Gasteiger partial charge in [0.25, 0.3) is 10.0 Å². The van der Waals surface area contributed by atoms with E-state index in [1.165, 1.54) is 12.1 Å². The van der Waals surface area contributed by atoms with Crippen LogP contribution in [0.2, 0.25) is 0 Å². The topological polar surface area (TPSA) is 174 Å². The van der Waals surface area contributed by atoms with Crippen molar-refractivity contribution in [2.45, 2.75) is 11.8 Å². The highest BCUT2D eigenvalue weighted by molar-refractivity contribution is 7.90. The first-order valence-electron chi connectivity index (χ1n) is 6.79. The van der Waals surface area contributed by atoms with Crippen LogP contribution in [0, 0.1) is 20.2 Å². The average Bonchev–Trinajstić information content (AvgIpc) is 2.54. The van der Waals surface area contributed by atoms with Crippen molar-refractivity contribution in [1.29, 1.82) is 0 Å². The molecule has 1 heterocycles. The molecule has 12 nitrogen and oxygen atoms in total. The van der Waals surface area contributed by atoms with Gasteiger partial charge < -0.3 is 5.32 Å². The molecular formula is C13H11N5O7S. The Kier molecular flexibility index (Phi) is 5.11. The third kappa shape index (κ3) is 4.07. The average molecular weight is 381 g/mol. The maximum absolute atomic E-state index is 11.9. The number of nitrogens with one attached hydrogen (secondary N) is 2. The summed E-state index contributed by atoms with van der Waals surface area (Å²) in [5.74, 6) is -0.768. The summed E-state index contributed by atoms with van der Waals surface area (Å²) in [5, 5.41) is 24.6. The molecule has 2 rings (SSSR count). The number of sulfonamides is 1. The molecule has 1 aromatic heterocycles. The van der Waals surface area contributed by atoms with Gasteiger partial charge in [-0.05, 0) is 24.3 Å². The van der Waals surface area contributed by atoms with Crippen LogP contribution in [-0.2, 0) is 14.8 Å². The van der Waals surface area contributed by atoms with E-state index in [1.807, 2.05) is 0 Å². The van der Waals surface area contributed by atoms with Gasteiger partial charge in [0, 0.05) is 12.6 Å². The molecule has 0 saturated carbocycles. The van der Waals surface area contributed by atoms with Gasteiger partial charge in [-0.2, -0.15) is 0 Å². The Morgan fingerprint density at radius 2 is 1.54 bits per heavy atom. The molecule has 136 valence electrons. The number of aromatic nitrogens is 1. The van der Waals surface area contributed by atoms with Gasteiger partial charge in [-0.25, -0.2) is 13.1 Å². The zero-order valence-electron chi connectivity index (χ0n) is 13.1.